The average Bonchev–Trinajstić information content (AvgIpc) is 1.25. The molecular formula is C6H19KSi2. The van der Waals surface area contributed by atoms with Gasteiger partial charge in [0.2, 0.25) is 0 Å². The fourth-order valence-corrected chi connectivity index (χ4v) is 0. The Bertz CT molecular complexity index is 70.7. The molecule has 0 radical (unpaired) electrons. The van der Waals surface area contributed by atoms with Gasteiger partial charge in [-0.15, -0.1) is 0 Å². The average molecular weight is 186 g/mol. The van der Waals surface area contributed by atoms with Crippen molar-refractivity contribution in [2.45, 2.75) is 39.3 Å². The predicted molar refractivity (Wildman–Crippen MR) is 47.8 cm³/mol. The van der Waals surface area contributed by atoms with E-state index in [0.29, 0.717) is 0 Å². The van der Waals surface area contributed by atoms with Gasteiger partial charge < -0.3 is 1.43 Å². The molecule has 0 aliphatic rings. The summed E-state index contributed by atoms with van der Waals surface area (Å²) in [4.78, 5) is 0. The van der Waals surface area contributed by atoms with E-state index in [2.05, 4.69) is 39.3 Å². The summed E-state index contributed by atoms with van der Waals surface area (Å²) in [5.74, 6) is 0. The van der Waals surface area contributed by atoms with Crippen LogP contribution >= 0.6 is 0 Å². The molecule has 0 saturated heterocycles. The van der Waals surface area contributed by atoms with E-state index < -0.39 is 15.2 Å². The van der Waals surface area contributed by atoms with E-state index in [4.69, 9.17) is 0 Å². The van der Waals surface area contributed by atoms with Crippen LogP contribution in [0.4, 0.5) is 0 Å². The van der Waals surface area contributed by atoms with Gasteiger partial charge in [-0.2, -0.15) is 0 Å². The Morgan fingerprint density at radius 3 is 0.778 bits per heavy atom. The van der Waals surface area contributed by atoms with Crippen molar-refractivity contribution in [1.82, 2.24) is 0 Å². The van der Waals surface area contributed by atoms with Gasteiger partial charge in [-0.3, -0.25) is 0 Å². The Labute approximate surface area is 106 Å². The van der Waals surface area contributed by atoms with Crippen molar-refractivity contribution in [3.8, 4) is 0 Å². The van der Waals surface area contributed by atoms with Gasteiger partial charge in [0.25, 0.3) is 0 Å². The van der Waals surface area contributed by atoms with Gasteiger partial charge in [0.1, 0.15) is 0 Å². The van der Waals surface area contributed by atoms with E-state index in [1.165, 1.54) is 0 Å². The maximum atomic E-state index is 2.47. The molecule has 0 bridgehead atoms. The van der Waals surface area contributed by atoms with Crippen molar-refractivity contribution in [3.05, 3.63) is 0 Å². The zero-order chi connectivity index (χ0) is 7.00. The largest absolute Gasteiger partial charge is 1.00 e. The van der Waals surface area contributed by atoms with E-state index in [9.17, 15) is 0 Å². The third-order valence-corrected chi connectivity index (χ3v) is 20.2. The SMILES string of the molecule is C[Si](C)(C)[Si](C)(C)C.[H-].[K+]. The maximum Gasteiger partial charge on any atom is 1.00 e. The topological polar surface area (TPSA) is 0 Å². The van der Waals surface area contributed by atoms with Crippen LogP contribution < -0.4 is 51.4 Å². The Hall–Kier alpha value is 2.07. The monoisotopic (exact) mass is 186 g/mol. The molecule has 0 aromatic carbocycles. The summed E-state index contributed by atoms with van der Waals surface area (Å²) in [6, 6.07) is 0. The van der Waals surface area contributed by atoms with Crippen LogP contribution in [0.3, 0.4) is 0 Å². The Morgan fingerprint density at radius 2 is 0.778 bits per heavy atom. The quantitative estimate of drug-likeness (QED) is 0.500. The molecule has 0 aromatic rings. The summed E-state index contributed by atoms with van der Waals surface area (Å²) >= 11 is 0. The zero-order valence-electron chi connectivity index (χ0n) is 9.00. The second kappa shape index (κ2) is 4.18. The van der Waals surface area contributed by atoms with Crippen LogP contribution in [0.25, 0.3) is 0 Å². The van der Waals surface area contributed by atoms with Crippen LogP contribution in [0, 0.1) is 0 Å². The Kier molecular flexibility index (Phi) is 6.34. The van der Waals surface area contributed by atoms with Crippen LogP contribution in [0.1, 0.15) is 1.43 Å². The van der Waals surface area contributed by atoms with Crippen LogP contribution in [0.5, 0.6) is 0 Å². The molecule has 0 rings (SSSR count). The predicted octanol–water partition coefficient (Wildman–Crippen LogP) is -0.142. The van der Waals surface area contributed by atoms with Gasteiger partial charge in [-0.05, 0) is 0 Å². The number of hydrogen-bond acceptors (Lipinski definition) is 0. The molecule has 0 amide bonds. The normalized spacial score (nSPS) is 12.7. The van der Waals surface area contributed by atoms with Crippen LogP contribution in [0.15, 0.2) is 0 Å². The van der Waals surface area contributed by atoms with Gasteiger partial charge >= 0.3 is 51.4 Å². The van der Waals surface area contributed by atoms with Gasteiger partial charge in [-0.25, -0.2) is 0 Å². The van der Waals surface area contributed by atoms with Crippen molar-refractivity contribution in [2.75, 3.05) is 0 Å². The first kappa shape index (κ1) is 13.6. The minimum atomic E-state index is -0.720. The number of hydrogen-bond donors (Lipinski definition) is 0. The first-order valence-corrected chi connectivity index (χ1v) is 11.2. The molecule has 0 nitrogen and oxygen atoms in total. The van der Waals surface area contributed by atoms with Crippen LogP contribution in [-0.2, 0) is 0 Å². The minimum absolute atomic E-state index is 0. The summed E-state index contributed by atoms with van der Waals surface area (Å²) < 4.78 is 0. The Morgan fingerprint density at radius 1 is 0.667 bits per heavy atom. The van der Waals surface area contributed by atoms with Crippen molar-refractivity contribution < 1.29 is 52.8 Å². The molecule has 0 aliphatic carbocycles. The van der Waals surface area contributed by atoms with Crippen molar-refractivity contribution in [3.63, 3.8) is 0 Å². The Balaban J connectivity index is -0.000000245. The van der Waals surface area contributed by atoms with Crippen molar-refractivity contribution in [1.29, 1.82) is 0 Å². The molecule has 0 aliphatic heterocycles. The van der Waals surface area contributed by atoms with Gasteiger partial charge in [-0.1, -0.05) is 39.3 Å². The summed E-state index contributed by atoms with van der Waals surface area (Å²) in [7, 11) is -1.44. The third-order valence-electron chi connectivity index (χ3n) is 2.25. The van der Waals surface area contributed by atoms with E-state index in [-0.39, 0.29) is 52.8 Å². The van der Waals surface area contributed by atoms with Gasteiger partial charge in [0.05, 0.1) is 0 Å². The van der Waals surface area contributed by atoms with Crippen LogP contribution in [0.2, 0.25) is 39.3 Å². The van der Waals surface area contributed by atoms with E-state index in [1.54, 1.807) is 0 Å². The molecule has 0 N–H and O–H groups in total. The zero-order valence-corrected chi connectivity index (χ0v) is 13.1. The van der Waals surface area contributed by atoms with Crippen molar-refractivity contribution in [2.24, 2.45) is 0 Å². The molecule has 0 fully saturated rings. The molecule has 52 valence electrons. The van der Waals surface area contributed by atoms with Crippen molar-refractivity contribution >= 4 is 15.2 Å². The van der Waals surface area contributed by atoms with Crippen LogP contribution in [-0.4, -0.2) is 15.2 Å². The minimum Gasteiger partial charge on any atom is -1.00 e. The summed E-state index contributed by atoms with van der Waals surface area (Å²) in [5.41, 5.74) is 0. The second-order valence-corrected chi connectivity index (χ2v) is 22.5. The first-order valence-electron chi connectivity index (χ1n) is 3.25. The summed E-state index contributed by atoms with van der Waals surface area (Å²) in [5, 5.41) is 0. The second-order valence-electron chi connectivity index (χ2n) is 4.50. The molecule has 0 heterocycles. The smallest absolute Gasteiger partial charge is 1.00 e. The fraction of sp³-hybridized carbons (Fsp3) is 1.00. The fourth-order valence-electron chi connectivity index (χ4n) is 0. The molecule has 0 spiro atoms. The van der Waals surface area contributed by atoms with E-state index >= 15 is 0 Å². The third kappa shape index (κ3) is 5.35. The van der Waals surface area contributed by atoms with Gasteiger partial charge in [0.15, 0.2) is 0 Å². The molecule has 3 heteroatoms. The standard InChI is InChI=1S/C6H18Si2.K.H/c1-7(2,3)8(4,5)6;;/h1-6H3;;/q;+1;-1. The molecule has 0 aromatic heterocycles. The molecule has 9 heavy (non-hydrogen) atoms. The molecule has 0 atom stereocenters. The van der Waals surface area contributed by atoms with E-state index in [1.807, 2.05) is 0 Å². The number of rotatable bonds is 1. The first-order chi connectivity index (χ1) is 3.25. The van der Waals surface area contributed by atoms with E-state index in [0.717, 1.165) is 0 Å². The summed E-state index contributed by atoms with van der Waals surface area (Å²) in [6.45, 7) is 14.8. The molecule has 0 saturated carbocycles. The summed E-state index contributed by atoms with van der Waals surface area (Å²) in [6.07, 6.45) is 0. The maximum absolute atomic E-state index is 2.47. The molecule has 0 unspecified atom stereocenters. The van der Waals surface area contributed by atoms with Gasteiger partial charge in [0, 0.05) is 15.2 Å². The molecular weight excluding hydrogens is 167 g/mol.